The molecule has 3 atom stereocenters. The maximum Gasteiger partial charge on any atom is 0.352 e. The van der Waals surface area contributed by atoms with Crippen LogP contribution in [0.2, 0.25) is 0 Å². The molecule has 0 saturated heterocycles. The summed E-state index contributed by atoms with van der Waals surface area (Å²) in [5.74, 6) is -2.60. The molecule has 0 radical (unpaired) electrons. The molecule has 0 bridgehead atoms. The molecule has 1 amide bonds. The smallest absolute Gasteiger partial charge is 0.352 e. The van der Waals surface area contributed by atoms with Crippen LogP contribution in [0.3, 0.4) is 0 Å². The maximum absolute atomic E-state index is 12.0. The summed E-state index contributed by atoms with van der Waals surface area (Å²) < 4.78 is 11.7. The molecule has 0 heterocycles. The first-order chi connectivity index (χ1) is 11.5. The molecule has 1 aliphatic rings. The average Bonchev–Trinajstić information content (AvgIpc) is 3.14. The molecule has 0 aliphatic heterocycles. The Morgan fingerprint density at radius 3 is 2.40 bits per heavy atom. The van der Waals surface area contributed by atoms with E-state index in [1.54, 1.807) is 0 Å². The number of amides is 1. The zero-order chi connectivity index (χ0) is 19.2. The highest BCUT2D eigenvalue weighted by Crippen LogP contribution is 2.51. The van der Waals surface area contributed by atoms with Crippen LogP contribution in [0.4, 0.5) is 0 Å². The van der Waals surface area contributed by atoms with Crippen molar-refractivity contribution in [2.75, 3.05) is 11.5 Å². The number of carboxylic acid groups (broad SMARTS) is 2. The lowest BCUT2D eigenvalue weighted by atomic mass is 10.1. The van der Waals surface area contributed by atoms with Crippen LogP contribution in [0.5, 0.6) is 0 Å². The van der Waals surface area contributed by atoms with Crippen molar-refractivity contribution in [2.24, 2.45) is 17.1 Å². The number of carboxylic acids is 2. The van der Waals surface area contributed by atoms with Crippen molar-refractivity contribution >= 4 is 28.6 Å². The summed E-state index contributed by atoms with van der Waals surface area (Å²) in [7, 11) is -1.32. The summed E-state index contributed by atoms with van der Waals surface area (Å²) in [6.07, 6.45) is 3.73. The fourth-order valence-corrected chi connectivity index (χ4v) is 3.57. The van der Waals surface area contributed by atoms with Crippen molar-refractivity contribution in [1.82, 2.24) is 5.32 Å². The van der Waals surface area contributed by atoms with Gasteiger partial charge in [-0.3, -0.25) is 13.8 Å². The fraction of sp³-hybridized carbons (Fsp3) is 0.688. The first kappa shape index (κ1) is 21.3. The molecule has 0 spiro atoms. The largest absolute Gasteiger partial charge is 0.480 e. The predicted octanol–water partition coefficient (Wildman–Crippen LogP) is 0.448. The van der Waals surface area contributed by atoms with Gasteiger partial charge < -0.3 is 21.3 Å². The lowest BCUT2D eigenvalue weighted by Crippen LogP contribution is -2.36. The molecule has 25 heavy (non-hydrogen) atoms. The minimum absolute atomic E-state index is 0.0748. The Kier molecular flexibility index (Phi) is 7.75. The van der Waals surface area contributed by atoms with Crippen molar-refractivity contribution in [2.45, 2.75) is 45.6 Å². The van der Waals surface area contributed by atoms with Crippen LogP contribution < -0.4 is 11.1 Å². The van der Waals surface area contributed by atoms with Gasteiger partial charge in [0.1, 0.15) is 11.7 Å². The summed E-state index contributed by atoms with van der Waals surface area (Å²) in [5, 5.41) is 20.2. The van der Waals surface area contributed by atoms with E-state index < -0.39 is 28.8 Å². The highest BCUT2D eigenvalue weighted by molar-refractivity contribution is 7.85. The molecule has 8 nitrogen and oxygen atoms in total. The number of hydrogen-bond acceptors (Lipinski definition) is 5. The van der Waals surface area contributed by atoms with Crippen LogP contribution in [0.15, 0.2) is 11.8 Å². The third-order valence-electron chi connectivity index (χ3n) is 4.18. The summed E-state index contributed by atoms with van der Waals surface area (Å²) in [5.41, 5.74) is 5.10. The average molecular weight is 374 g/mol. The minimum Gasteiger partial charge on any atom is -0.480 e. The Morgan fingerprint density at radius 2 is 1.92 bits per heavy atom. The van der Waals surface area contributed by atoms with Gasteiger partial charge >= 0.3 is 11.9 Å². The van der Waals surface area contributed by atoms with Gasteiger partial charge in [-0.05, 0) is 31.1 Å². The van der Waals surface area contributed by atoms with Crippen LogP contribution in [0.25, 0.3) is 0 Å². The number of allylic oxidation sites excluding steroid dienone is 1. The van der Waals surface area contributed by atoms with Gasteiger partial charge in [0.25, 0.3) is 0 Å². The lowest BCUT2D eigenvalue weighted by molar-refractivity contribution is -0.138. The Morgan fingerprint density at radius 1 is 1.32 bits per heavy atom. The number of carbonyl (C=O) groups is 3. The topological polar surface area (TPSA) is 147 Å². The monoisotopic (exact) mass is 374 g/mol. The van der Waals surface area contributed by atoms with Crippen LogP contribution in [0.1, 0.15) is 39.5 Å². The lowest BCUT2D eigenvalue weighted by Gasteiger charge is -2.08. The minimum atomic E-state index is -1.32. The molecule has 1 unspecified atom stereocenters. The van der Waals surface area contributed by atoms with E-state index in [0.29, 0.717) is 25.0 Å². The second-order valence-electron chi connectivity index (χ2n) is 6.91. The number of hydrogen-bond donors (Lipinski definition) is 4. The van der Waals surface area contributed by atoms with Crippen LogP contribution >= 0.6 is 0 Å². The van der Waals surface area contributed by atoms with Gasteiger partial charge in [-0.1, -0.05) is 19.9 Å². The SMILES string of the molecule is CC1(C)C[C@H]1C(=O)N/C(=C\CCCCS(=O)C[C@H](N)C(=O)O)C(=O)O. The van der Waals surface area contributed by atoms with E-state index in [0.717, 1.165) is 6.42 Å². The van der Waals surface area contributed by atoms with Crippen molar-refractivity contribution in [3.05, 3.63) is 11.8 Å². The van der Waals surface area contributed by atoms with E-state index in [1.807, 2.05) is 13.8 Å². The van der Waals surface area contributed by atoms with Crippen molar-refractivity contribution in [3.8, 4) is 0 Å². The summed E-state index contributed by atoms with van der Waals surface area (Å²) >= 11 is 0. The Labute approximate surface area is 149 Å². The summed E-state index contributed by atoms with van der Waals surface area (Å²) in [6, 6.07) is -1.14. The Hall–Kier alpha value is -1.74. The second-order valence-corrected chi connectivity index (χ2v) is 8.53. The van der Waals surface area contributed by atoms with Gasteiger partial charge in [-0.2, -0.15) is 0 Å². The van der Waals surface area contributed by atoms with Gasteiger partial charge in [0.2, 0.25) is 5.91 Å². The van der Waals surface area contributed by atoms with E-state index in [1.165, 1.54) is 6.08 Å². The van der Waals surface area contributed by atoms with Crippen LogP contribution in [-0.2, 0) is 25.2 Å². The predicted molar refractivity (Wildman–Crippen MR) is 93.1 cm³/mol. The number of carbonyl (C=O) groups excluding carboxylic acids is 1. The Balaban J connectivity index is 2.34. The summed E-state index contributed by atoms with van der Waals surface area (Å²) in [6.45, 7) is 3.91. The van der Waals surface area contributed by atoms with E-state index in [9.17, 15) is 18.6 Å². The number of aliphatic carboxylic acids is 2. The van der Waals surface area contributed by atoms with E-state index in [-0.39, 0.29) is 28.7 Å². The normalized spacial score (nSPS) is 21.2. The molecule has 5 N–H and O–H groups in total. The molecule has 0 aromatic heterocycles. The third kappa shape index (κ3) is 7.35. The maximum atomic E-state index is 12.0. The molecule has 1 rings (SSSR count). The van der Waals surface area contributed by atoms with Crippen LogP contribution in [0, 0.1) is 11.3 Å². The van der Waals surface area contributed by atoms with Gasteiger partial charge in [-0.25, -0.2) is 4.79 Å². The molecule has 1 saturated carbocycles. The molecule has 1 fully saturated rings. The molecular weight excluding hydrogens is 348 g/mol. The van der Waals surface area contributed by atoms with Gasteiger partial charge in [0, 0.05) is 28.2 Å². The van der Waals surface area contributed by atoms with E-state index >= 15 is 0 Å². The highest BCUT2D eigenvalue weighted by atomic mass is 32.2. The molecular formula is C16H26N2O6S. The standard InChI is InChI=1S/C16H26N2O6S/c1-16(2)8-10(16)13(19)18-12(15(22)23)6-4-3-5-7-25(24)9-11(17)14(20)21/h6,10-11H,3-5,7-9,17H2,1-2H3,(H,18,19)(H,20,21)(H,22,23)/b12-6-/t10-,11-,25?/m0/s1. The van der Waals surface area contributed by atoms with Gasteiger partial charge in [0.05, 0.1) is 0 Å². The number of nitrogens with two attached hydrogens (primary N) is 1. The van der Waals surface area contributed by atoms with Crippen molar-refractivity contribution in [3.63, 3.8) is 0 Å². The van der Waals surface area contributed by atoms with Crippen molar-refractivity contribution < 1.29 is 28.8 Å². The molecule has 0 aromatic rings. The molecule has 1 aliphatic carbocycles. The highest BCUT2D eigenvalue weighted by Gasteiger charge is 2.50. The first-order valence-corrected chi connectivity index (χ1v) is 9.61. The van der Waals surface area contributed by atoms with E-state index in [2.05, 4.69) is 5.32 Å². The molecule has 0 aromatic carbocycles. The summed E-state index contributed by atoms with van der Waals surface area (Å²) in [4.78, 5) is 33.7. The fourth-order valence-electron chi connectivity index (χ4n) is 2.34. The molecule has 142 valence electrons. The number of nitrogens with one attached hydrogen (secondary N) is 1. The number of unbranched alkanes of at least 4 members (excludes halogenated alkanes) is 2. The first-order valence-electron chi connectivity index (χ1n) is 8.12. The number of rotatable bonds is 11. The quantitative estimate of drug-likeness (QED) is 0.303. The van der Waals surface area contributed by atoms with E-state index in [4.69, 9.17) is 15.9 Å². The third-order valence-corrected chi connectivity index (χ3v) is 5.65. The van der Waals surface area contributed by atoms with Gasteiger partial charge in [0.15, 0.2) is 0 Å². The zero-order valence-corrected chi connectivity index (χ0v) is 15.3. The Bertz CT molecular complexity index is 587. The van der Waals surface area contributed by atoms with Crippen LogP contribution in [-0.4, -0.2) is 49.8 Å². The second kappa shape index (κ2) is 9.10. The van der Waals surface area contributed by atoms with Crippen molar-refractivity contribution in [1.29, 1.82) is 0 Å². The molecule has 9 heteroatoms. The van der Waals surface area contributed by atoms with Gasteiger partial charge in [-0.15, -0.1) is 0 Å². The zero-order valence-electron chi connectivity index (χ0n) is 14.5.